The van der Waals surface area contributed by atoms with Crippen LogP contribution in [0.3, 0.4) is 0 Å². The van der Waals surface area contributed by atoms with Gasteiger partial charge in [0.1, 0.15) is 5.54 Å². The third-order valence-electron chi connectivity index (χ3n) is 4.76. The summed E-state index contributed by atoms with van der Waals surface area (Å²) in [7, 11) is 2.05. The smallest absolute Gasteiger partial charge is 0.243 e. The van der Waals surface area contributed by atoms with Crippen molar-refractivity contribution in [1.29, 1.82) is 0 Å². The van der Waals surface area contributed by atoms with Crippen molar-refractivity contribution >= 4 is 5.91 Å². The van der Waals surface area contributed by atoms with Crippen molar-refractivity contribution in [3.63, 3.8) is 0 Å². The lowest BCUT2D eigenvalue weighted by molar-refractivity contribution is -0.124. The molecule has 0 spiro atoms. The van der Waals surface area contributed by atoms with Gasteiger partial charge in [-0.3, -0.25) is 4.79 Å². The second-order valence-electron chi connectivity index (χ2n) is 6.54. The molecule has 1 aromatic carbocycles. The van der Waals surface area contributed by atoms with Crippen molar-refractivity contribution < 1.29 is 4.79 Å². The molecule has 1 amide bonds. The number of hydrogen-bond acceptors (Lipinski definition) is 3. The number of nitrogens with zero attached hydrogens (tertiary/aromatic N) is 1. The predicted octanol–water partition coefficient (Wildman–Crippen LogP) is 1.84. The minimum Gasteiger partial charge on any atom is -0.368 e. The van der Waals surface area contributed by atoms with Crippen LogP contribution in [0.25, 0.3) is 0 Å². The fourth-order valence-electron chi connectivity index (χ4n) is 3.37. The van der Waals surface area contributed by atoms with Crippen LogP contribution in [0.1, 0.15) is 38.2 Å². The molecule has 4 heteroatoms. The predicted molar refractivity (Wildman–Crippen MR) is 85.6 cm³/mol. The summed E-state index contributed by atoms with van der Waals surface area (Å²) in [5.74, 6) is 0.271. The number of benzene rings is 1. The van der Waals surface area contributed by atoms with Gasteiger partial charge in [-0.05, 0) is 31.4 Å². The van der Waals surface area contributed by atoms with E-state index in [-0.39, 0.29) is 0 Å². The topological polar surface area (TPSA) is 72.3 Å². The van der Waals surface area contributed by atoms with E-state index in [1.54, 1.807) is 0 Å². The maximum absolute atomic E-state index is 12.0. The van der Waals surface area contributed by atoms with Gasteiger partial charge in [-0.15, -0.1) is 0 Å². The molecule has 1 aromatic rings. The monoisotopic (exact) mass is 289 g/mol. The van der Waals surface area contributed by atoms with Crippen LogP contribution in [0.5, 0.6) is 0 Å². The minimum atomic E-state index is -1.13. The average Bonchev–Trinajstić information content (AvgIpc) is 2.47. The third-order valence-corrected chi connectivity index (χ3v) is 4.76. The maximum atomic E-state index is 12.0. The summed E-state index contributed by atoms with van der Waals surface area (Å²) in [6, 6.07) is 9.94. The van der Waals surface area contributed by atoms with Crippen molar-refractivity contribution in [2.75, 3.05) is 13.6 Å². The summed E-state index contributed by atoms with van der Waals surface area (Å²) in [5, 5.41) is 0. The number of nitrogens with two attached hydrogens (primary N) is 2. The molecule has 1 fully saturated rings. The molecule has 1 aliphatic rings. The first kappa shape index (κ1) is 16.0. The molecule has 0 aromatic heterocycles. The molecule has 0 aliphatic heterocycles. The van der Waals surface area contributed by atoms with Crippen LogP contribution in [-0.2, 0) is 10.3 Å². The van der Waals surface area contributed by atoms with E-state index in [1.807, 2.05) is 30.3 Å². The van der Waals surface area contributed by atoms with E-state index in [0.29, 0.717) is 12.6 Å². The molecule has 3 unspecified atom stereocenters. The second-order valence-corrected chi connectivity index (χ2v) is 6.54. The van der Waals surface area contributed by atoms with E-state index in [1.165, 1.54) is 25.7 Å². The Bertz CT molecular complexity index is 476. The molecule has 1 saturated carbocycles. The average molecular weight is 289 g/mol. The molecule has 4 N–H and O–H groups in total. The fraction of sp³-hybridized carbons (Fsp3) is 0.588. The van der Waals surface area contributed by atoms with Gasteiger partial charge < -0.3 is 16.4 Å². The lowest BCUT2D eigenvalue weighted by Gasteiger charge is -2.38. The molecule has 116 valence electrons. The summed E-state index contributed by atoms with van der Waals surface area (Å²) in [5.41, 5.74) is 11.7. The Balaban J connectivity index is 2.14. The SMILES string of the molecule is CC1CCCC(N(C)CC(N)(C(N)=O)c2ccccc2)C1. The van der Waals surface area contributed by atoms with Crippen LogP contribution in [0, 0.1) is 5.92 Å². The maximum Gasteiger partial charge on any atom is 0.243 e. The molecule has 21 heavy (non-hydrogen) atoms. The summed E-state index contributed by atoms with van der Waals surface area (Å²) in [4.78, 5) is 14.2. The Morgan fingerprint density at radius 2 is 2.00 bits per heavy atom. The van der Waals surface area contributed by atoms with E-state index in [2.05, 4.69) is 18.9 Å². The number of amides is 1. The molecular weight excluding hydrogens is 262 g/mol. The molecule has 0 heterocycles. The largest absolute Gasteiger partial charge is 0.368 e. The van der Waals surface area contributed by atoms with E-state index in [9.17, 15) is 4.79 Å². The van der Waals surface area contributed by atoms with E-state index >= 15 is 0 Å². The number of primary amides is 1. The van der Waals surface area contributed by atoms with Crippen LogP contribution in [0.4, 0.5) is 0 Å². The Hall–Kier alpha value is -1.39. The normalized spacial score (nSPS) is 25.5. The summed E-state index contributed by atoms with van der Waals surface area (Å²) >= 11 is 0. The number of likely N-dealkylation sites (N-methyl/N-ethyl adjacent to an activating group) is 1. The molecule has 0 bridgehead atoms. The Morgan fingerprint density at radius 1 is 1.33 bits per heavy atom. The highest BCUT2D eigenvalue weighted by atomic mass is 16.1. The van der Waals surface area contributed by atoms with E-state index in [0.717, 1.165) is 11.5 Å². The zero-order chi connectivity index (χ0) is 15.5. The van der Waals surface area contributed by atoms with Crippen molar-refractivity contribution in [1.82, 2.24) is 4.90 Å². The number of rotatable bonds is 5. The van der Waals surface area contributed by atoms with E-state index in [4.69, 9.17) is 11.5 Å². The van der Waals surface area contributed by atoms with Crippen LogP contribution in [-0.4, -0.2) is 30.4 Å². The lowest BCUT2D eigenvalue weighted by Crippen LogP contribution is -2.57. The summed E-state index contributed by atoms with van der Waals surface area (Å²) in [6.45, 7) is 2.75. The number of carbonyl (C=O) groups is 1. The van der Waals surface area contributed by atoms with Gasteiger partial charge >= 0.3 is 0 Å². The van der Waals surface area contributed by atoms with Crippen LogP contribution in [0.15, 0.2) is 30.3 Å². The Kier molecular flexibility index (Phi) is 5.01. The minimum absolute atomic E-state index is 0.462. The molecule has 4 nitrogen and oxygen atoms in total. The van der Waals surface area contributed by atoms with Gasteiger partial charge in [0.25, 0.3) is 0 Å². The molecule has 2 rings (SSSR count). The van der Waals surface area contributed by atoms with Crippen LogP contribution < -0.4 is 11.5 Å². The highest BCUT2D eigenvalue weighted by Crippen LogP contribution is 2.28. The fourth-order valence-corrected chi connectivity index (χ4v) is 3.37. The van der Waals surface area contributed by atoms with Gasteiger partial charge in [0.05, 0.1) is 0 Å². The zero-order valence-corrected chi connectivity index (χ0v) is 13.1. The van der Waals surface area contributed by atoms with Crippen LogP contribution in [0.2, 0.25) is 0 Å². The summed E-state index contributed by atoms with van der Waals surface area (Å²) in [6.07, 6.45) is 4.88. The van der Waals surface area contributed by atoms with Crippen molar-refractivity contribution in [3.05, 3.63) is 35.9 Å². The van der Waals surface area contributed by atoms with Gasteiger partial charge in [-0.1, -0.05) is 50.1 Å². The van der Waals surface area contributed by atoms with Gasteiger partial charge in [0.2, 0.25) is 5.91 Å². The van der Waals surface area contributed by atoms with Gasteiger partial charge in [0.15, 0.2) is 0 Å². The molecule has 3 atom stereocenters. The first-order valence-electron chi connectivity index (χ1n) is 7.78. The number of carbonyl (C=O) groups excluding carboxylic acids is 1. The highest BCUT2D eigenvalue weighted by molar-refractivity contribution is 5.86. The summed E-state index contributed by atoms with van der Waals surface area (Å²) < 4.78 is 0. The van der Waals surface area contributed by atoms with Gasteiger partial charge in [-0.2, -0.15) is 0 Å². The third kappa shape index (κ3) is 3.63. The van der Waals surface area contributed by atoms with E-state index < -0.39 is 11.4 Å². The first-order valence-corrected chi connectivity index (χ1v) is 7.78. The lowest BCUT2D eigenvalue weighted by atomic mass is 9.84. The quantitative estimate of drug-likeness (QED) is 0.868. The second kappa shape index (κ2) is 6.58. The Labute approximate surface area is 127 Å². The van der Waals surface area contributed by atoms with Crippen LogP contribution >= 0.6 is 0 Å². The number of hydrogen-bond donors (Lipinski definition) is 2. The van der Waals surface area contributed by atoms with Gasteiger partial charge in [0, 0.05) is 12.6 Å². The first-order chi connectivity index (χ1) is 9.93. The Morgan fingerprint density at radius 3 is 2.57 bits per heavy atom. The van der Waals surface area contributed by atoms with Crippen molar-refractivity contribution in [3.8, 4) is 0 Å². The zero-order valence-electron chi connectivity index (χ0n) is 13.1. The van der Waals surface area contributed by atoms with Gasteiger partial charge in [-0.25, -0.2) is 0 Å². The standard InChI is InChI=1S/C17H27N3O/c1-13-7-6-10-15(11-13)20(2)12-17(19,16(18)21)14-8-4-3-5-9-14/h3-5,8-9,13,15H,6-7,10-12,19H2,1-2H3,(H2,18,21). The molecular formula is C17H27N3O. The molecule has 0 saturated heterocycles. The van der Waals surface area contributed by atoms with Crippen molar-refractivity contribution in [2.45, 2.75) is 44.2 Å². The highest BCUT2D eigenvalue weighted by Gasteiger charge is 2.37. The molecule has 1 aliphatic carbocycles. The molecule has 0 radical (unpaired) electrons. The van der Waals surface area contributed by atoms with Crippen molar-refractivity contribution in [2.24, 2.45) is 17.4 Å².